The van der Waals surface area contributed by atoms with E-state index in [0.29, 0.717) is 19.6 Å². The predicted molar refractivity (Wildman–Crippen MR) is 100.0 cm³/mol. The first-order valence-corrected chi connectivity index (χ1v) is 9.39. The van der Waals surface area contributed by atoms with Gasteiger partial charge in [-0.15, -0.1) is 0 Å². The highest BCUT2D eigenvalue weighted by Crippen LogP contribution is 2.43. The minimum absolute atomic E-state index is 0.00440. The maximum absolute atomic E-state index is 12.4. The van der Waals surface area contributed by atoms with Crippen LogP contribution in [0.5, 0.6) is 0 Å². The van der Waals surface area contributed by atoms with E-state index in [1.54, 1.807) is 4.90 Å². The highest BCUT2D eigenvalue weighted by atomic mass is 16.5. The topological polar surface area (TPSA) is 70.7 Å². The van der Waals surface area contributed by atoms with Gasteiger partial charge in [0.25, 0.3) is 0 Å². The number of nitrogens with one attached hydrogen (secondary N) is 2. The maximum atomic E-state index is 12.4. The van der Waals surface area contributed by atoms with Crippen LogP contribution in [0.2, 0.25) is 0 Å². The second kappa shape index (κ2) is 7.66. The lowest BCUT2D eigenvalue weighted by Gasteiger charge is -2.45. The van der Waals surface area contributed by atoms with E-state index < -0.39 is 0 Å². The summed E-state index contributed by atoms with van der Waals surface area (Å²) < 4.78 is 5.94. The van der Waals surface area contributed by atoms with E-state index in [1.165, 1.54) is 5.56 Å². The highest BCUT2D eigenvalue weighted by molar-refractivity contribution is 5.85. The molecular weight excluding hydrogens is 330 g/mol. The smallest absolute Gasteiger partial charge is 0.317 e. The average Bonchev–Trinajstić information content (AvgIpc) is 2.61. The molecule has 1 aromatic carbocycles. The second-order valence-electron chi connectivity index (χ2n) is 7.93. The molecule has 6 nitrogen and oxygen atoms in total. The van der Waals surface area contributed by atoms with Crippen LogP contribution in [0.4, 0.5) is 4.79 Å². The van der Waals surface area contributed by atoms with Gasteiger partial charge in [0.2, 0.25) is 5.91 Å². The SMILES string of the molecule is CC1(C)C[C@@](CCNC(=O)N2CCNC(=O)C2)(c2ccccc2)CCO1. The third kappa shape index (κ3) is 4.36. The van der Waals surface area contributed by atoms with E-state index in [0.717, 1.165) is 25.9 Å². The van der Waals surface area contributed by atoms with Crippen molar-refractivity contribution in [3.63, 3.8) is 0 Å². The quantitative estimate of drug-likeness (QED) is 0.864. The molecule has 6 heteroatoms. The molecule has 0 bridgehead atoms. The number of carbonyl (C=O) groups excluding carboxylic acids is 2. The van der Waals surface area contributed by atoms with Crippen LogP contribution in [0.15, 0.2) is 30.3 Å². The minimum Gasteiger partial charge on any atom is -0.376 e. The Morgan fingerprint density at radius 2 is 2.08 bits per heavy atom. The van der Waals surface area contributed by atoms with Gasteiger partial charge in [0.15, 0.2) is 0 Å². The fraction of sp³-hybridized carbons (Fsp3) is 0.600. The van der Waals surface area contributed by atoms with Crippen LogP contribution < -0.4 is 10.6 Å². The molecule has 0 saturated carbocycles. The molecule has 3 rings (SSSR count). The number of nitrogens with zero attached hydrogens (tertiary/aromatic N) is 1. The van der Waals surface area contributed by atoms with Gasteiger partial charge in [0.1, 0.15) is 6.54 Å². The van der Waals surface area contributed by atoms with Gasteiger partial charge in [-0.05, 0) is 38.7 Å². The fourth-order valence-corrected chi connectivity index (χ4v) is 4.21. The number of benzene rings is 1. The van der Waals surface area contributed by atoms with Gasteiger partial charge in [-0.1, -0.05) is 30.3 Å². The molecule has 0 aliphatic carbocycles. The van der Waals surface area contributed by atoms with Gasteiger partial charge in [-0.3, -0.25) is 4.79 Å². The van der Waals surface area contributed by atoms with E-state index in [-0.39, 0.29) is 29.5 Å². The van der Waals surface area contributed by atoms with Gasteiger partial charge >= 0.3 is 6.03 Å². The summed E-state index contributed by atoms with van der Waals surface area (Å²) in [6.07, 6.45) is 2.73. The zero-order chi connectivity index (χ0) is 18.6. The third-order valence-corrected chi connectivity index (χ3v) is 5.43. The molecule has 3 amide bonds. The molecule has 2 aliphatic rings. The van der Waals surface area contributed by atoms with Crippen LogP contribution in [0.25, 0.3) is 0 Å². The summed E-state index contributed by atoms with van der Waals surface area (Å²) in [5.41, 5.74) is 1.13. The van der Waals surface area contributed by atoms with E-state index in [1.807, 2.05) is 6.07 Å². The van der Waals surface area contributed by atoms with Crippen molar-refractivity contribution < 1.29 is 14.3 Å². The summed E-state index contributed by atoms with van der Waals surface area (Å²) in [7, 11) is 0. The van der Waals surface area contributed by atoms with Crippen LogP contribution >= 0.6 is 0 Å². The largest absolute Gasteiger partial charge is 0.376 e. The van der Waals surface area contributed by atoms with E-state index in [2.05, 4.69) is 48.7 Å². The van der Waals surface area contributed by atoms with Crippen LogP contribution in [-0.2, 0) is 14.9 Å². The number of amides is 3. The van der Waals surface area contributed by atoms with Crippen molar-refractivity contribution in [3.05, 3.63) is 35.9 Å². The summed E-state index contributed by atoms with van der Waals surface area (Å²) in [6, 6.07) is 10.4. The van der Waals surface area contributed by atoms with Crippen LogP contribution in [0.3, 0.4) is 0 Å². The number of ether oxygens (including phenoxy) is 1. The van der Waals surface area contributed by atoms with Crippen molar-refractivity contribution in [2.24, 2.45) is 0 Å². The number of hydrogen-bond donors (Lipinski definition) is 2. The third-order valence-electron chi connectivity index (χ3n) is 5.43. The Morgan fingerprint density at radius 3 is 2.77 bits per heavy atom. The fourth-order valence-electron chi connectivity index (χ4n) is 4.21. The molecule has 2 aliphatic heterocycles. The van der Waals surface area contributed by atoms with E-state index in [4.69, 9.17) is 4.74 Å². The summed E-state index contributed by atoms with van der Waals surface area (Å²) in [6.45, 7) is 6.79. The van der Waals surface area contributed by atoms with E-state index >= 15 is 0 Å². The Hall–Kier alpha value is -2.08. The standard InChI is InChI=1S/C20H29N3O3/c1-19(2)15-20(9-13-26-19,16-6-4-3-5-7-16)8-10-22-18(25)23-12-11-21-17(24)14-23/h3-7H,8-15H2,1-2H3,(H,21,24)(H,22,25)/t20-/m0/s1. The zero-order valence-electron chi connectivity index (χ0n) is 15.7. The van der Waals surface area contributed by atoms with Crippen molar-refractivity contribution in [2.75, 3.05) is 32.8 Å². The Kier molecular flexibility index (Phi) is 5.51. The molecule has 1 atom stereocenters. The Bertz CT molecular complexity index is 647. The van der Waals surface area contributed by atoms with Gasteiger partial charge < -0.3 is 20.3 Å². The number of rotatable bonds is 4. The van der Waals surface area contributed by atoms with Crippen LogP contribution in [0.1, 0.15) is 38.7 Å². The lowest BCUT2D eigenvalue weighted by atomic mass is 9.67. The second-order valence-corrected chi connectivity index (χ2v) is 7.93. The average molecular weight is 359 g/mol. The summed E-state index contributed by atoms with van der Waals surface area (Å²) in [5, 5.41) is 5.74. The maximum Gasteiger partial charge on any atom is 0.317 e. The van der Waals surface area contributed by atoms with Crippen molar-refractivity contribution in [1.82, 2.24) is 15.5 Å². The predicted octanol–water partition coefficient (Wildman–Crippen LogP) is 2.04. The molecule has 0 spiro atoms. The minimum atomic E-state index is -0.178. The normalized spacial score (nSPS) is 25.5. The van der Waals surface area contributed by atoms with Crippen molar-refractivity contribution >= 4 is 11.9 Å². The molecule has 2 N–H and O–H groups in total. The number of urea groups is 1. The summed E-state index contributed by atoms with van der Waals surface area (Å²) >= 11 is 0. The van der Waals surface area contributed by atoms with Gasteiger partial charge in [0, 0.05) is 31.7 Å². The Balaban J connectivity index is 1.65. The molecule has 142 valence electrons. The zero-order valence-corrected chi connectivity index (χ0v) is 15.7. The molecule has 1 aromatic rings. The Labute approximate surface area is 155 Å². The number of hydrogen-bond acceptors (Lipinski definition) is 3. The van der Waals surface area contributed by atoms with Gasteiger partial charge in [0.05, 0.1) is 5.60 Å². The lowest BCUT2D eigenvalue weighted by molar-refractivity contribution is -0.123. The highest BCUT2D eigenvalue weighted by Gasteiger charge is 2.41. The van der Waals surface area contributed by atoms with Crippen molar-refractivity contribution in [3.8, 4) is 0 Å². The van der Waals surface area contributed by atoms with Crippen molar-refractivity contribution in [2.45, 2.75) is 44.1 Å². The van der Waals surface area contributed by atoms with Crippen LogP contribution in [0, 0.1) is 0 Å². The molecular formula is C20H29N3O3. The Morgan fingerprint density at radius 1 is 1.31 bits per heavy atom. The first-order valence-electron chi connectivity index (χ1n) is 9.39. The molecule has 0 radical (unpaired) electrons. The molecule has 2 fully saturated rings. The summed E-state index contributed by atoms with van der Waals surface area (Å²) in [4.78, 5) is 25.4. The van der Waals surface area contributed by atoms with E-state index in [9.17, 15) is 9.59 Å². The van der Waals surface area contributed by atoms with Gasteiger partial charge in [-0.25, -0.2) is 4.79 Å². The molecule has 0 unspecified atom stereocenters. The van der Waals surface area contributed by atoms with Gasteiger partial charge in [-0.2, -0.15) is 0 Å². The first-order chi connectivity index (χ1) is 12.4. The lowest BCUT2D eigenvalue weighted by Crippen LogP contribution is -2.53. The molecule has 0 aromatic heterocycles. The monoisotopic (exact) mass is 359 g/mol. The first kappa shape index (κ1) is 18.7. The number of piperazine rings is 1. The number of carbonyl (C=O) groups is 2. The van der Waals surface area contributed by atoms with Crippen LogP contribution in [-0.4, -0.2) is 55.2 Å². The molecule has 26 heavy (non-hydrogen) atoms. The van der Waals surface area contributed by atoms with Crippen molar-refractivity contribution in [1.29, 1.82) is 0 Å². The molecule has 2 heterocycles. The molecule has 2 saturated heterocycles. The summed E-state index contributed by atoms with van der Waals surface area (Å²) in [5.74, 6) is -0.0988.